The molecule has 14 heavy (non-hydrogen) atoms. The fourth-order valence-corrected chi connectivity index (χ4v) is 1.12. The number of rotatable bonds is 7. The summed E-state index contributed by atoms with van der Waals surface area (Å²) < 4.78 is 0. The Bertz CT molecular complexity index is 233. The maximum Gasteiger partial charge on any atom is 0.307 e. The highest BCUT2D eigenvalue weighted by molar-refractivity contribution is 5.78. The van der Waals surface area contributed by atoms with Crippen LogP contribution in [-0.4, -0.2) is 27.9 Å². The van der Waals surface area contributed by atoms with Crippen LogP contribution in [0.15, 0.2) is 0 Å². The SMILES string of the molecule is CC(=O)CCCC(CC(=O)O)C(=O)O. The lowest BCUT2D eigenvalue weighted by molar-refractivity contribution is -0.148. The van der Waals surface area contributed by atoms with Crippen molar-refractivity contribution >= 4 is 17.7 Å². The van der Waals surface area contributed by atoms with E-state index in [4.69, 9.17) is 10.2 Å². The average Bonchev–Trinajstić information content (AvgIpc) is 2.00. The molecule has 5 nitrogen and oxygen atoms in total. The third-order valence-electron chi connectivity index (χ3n) is 1.85. The Balaban J connectivity index is 3.91. The van der Waals surface area contributed by atoms with E-state index < -0.39 is 17.9 Å². The van der Waals surface area contributed by atoms with Crippen LogP contribution < -0.4 is 0 Å². The zero-order valence-corrected chi connectivity index (χ0v) is 8.02. The van der Waals surface area contributed by atoms with Gasteiger partial charge in [-0.05, 0) is 19.8 Å². The van der Waals surface area contributed by atoms with Crippen molar-refractivity contribution in [3.05, 3.63) is 0 Å². The summed E-state index contributed by atoms with van der Waals surface area (Å²) in [6.45, 7) is 1.42. The van der Waals surface area contributed by atoms with Gasteiger partial charge in [0.25, 0.3) is 0 Å². The summed E-state index contributed by atoms with van der Waals surface area (Å²) in [6.07, 6.45) is 0.595. The molecule has 0 bridgehead atoms. The van der Waals surface area contributed by atoms with Crippen LogP contribution in [0.2, 0.25) is 0 Å². The van der Waals surface area contributed by atoms with Gasteiger partial charge in [0, 0.05) is 6.42 Å². The molecule has 0 radical (unpaired) electrons. The van der Waals surface area contributed by atoms with E-state index >= 15 is 0 Å². The molecule has 0 aromatic carbocycles. The molecular formula is C9H14O5. The second-order valence-electron chi connectivity index (χ2n) is 3.23. The number of carbonyl (C=O) groups is 3. The van der Waals surface area contributed by atoms with Crippen LogP contribution in [-0.2, 0) is 14.4 Å². The quantitative estimate of drug-likeness (QED) is 0.640. The van der Waals surface area contributed by atoms with E-state index in [-0.39, 0.29) is 18.6 Å². The molecule has 1 unspecified atom stereocenters. The molecule has 0 rings (SSSR count). The van der Waals surface area contributed by atoms with E-state index in [9.17, 15) is 14.4 Å². The van der Waals surface area contributed by atoms with Crippen LogP contribution in [0.5, 0.6) is 0 Å². The van der Waals surface area contributed by atoms with E-state index in [0.29, 0.717) is 12.8 Å². The smallest absolute Gasteiger partial charge is 0.307 e. The second kappa shape index (κ2) is 6.12. The Kier molecular flexibility index (Phi) is 5.52. The summed E-state index contributed by atoms with van der Waals surface area (Å²) in [6, 6.07) is 0. The molecule has 0 aliphatic heterocycles. The predicted molar refractivity (Wildman–Crippen MR) is 47.9 cm³/mol. The standard InChI is InChI=1S/C9H14O5/c1-6(10)3-2-4-7(9(13)14)5-8(11)12/h7H,2-5H2,1H3,(H,11,12)(H,13,14). The van der Waals surface area contributed by atoms with Crippen LogP contribution >= 0.6 is 0 Å². The van der Waals surface area contributed by atoms with Crippen LogP contribution in [0.1, 0.15) is 32.6 Å². The van der Waals surface area contributed by atoms with Gasteiger partial charge in [0.1, 0.15) is 5.78 Å². The first-order valence-electron chi connectivity index (χ1n) is 4.37. The van der Waals surface area contributed by atoms with E-state index in [0.717, 1.165) is 0 Å². The summed E-state index contributed by atoms with van der Waals surface area (Å²) >= 11 is 0. The molecule has 0 amide bonds. The number of hydrogen-bond acceptors (Lipinski definition) is 3. The molecule has 0 saturated heterocycles. The Morgan fingerprint density at radius 2 is 1.79 bits per heavy atom. The van der Waals surface area contributed by atoms with Crippen molar-refractivity contribution in [3.63, 3.8) is 0 Å². The summed E-state index contributed by atoms with van der Waals surface area (Å²) in [5, 5.41) is 17.1. The van der Waals surface area contributed by atoms with Crippen molar-refractivity contribution in [2.24, 2.45) is 5.92 Å². The van der Waals surface area contributed by atoms with Crippen molar-refractivity contribution in [1.82, 2.24) is 0 Å². The van der Waals surface area contributed by atoms with E-state index in [1.54, 1.807) is 0 Å². The van der Waals surface area contributed by atoms with E-state index in [2.05, 4.69) is 0 Å². The number of Topliss-reactive ketones (excluding diaryl/α,β-unsaturated/α-hetero) is 1. The molecule has 0 aliphatic carbocycles. The fourth-order valence-electron chi connectivity index (χ4n) is 1.12. The molecule has 0 aromatic rings. The van der Waals surface area contributed by atoms with Crippen LogP contribution in [0.4, 0.5) is 0 Å². The number of carbonyl (C=O) groups excluding carboxylic acids is 1. The highest BCUT2D eigenvalue weighted by Gasteiger charge is 2.20. The number of aliphatic carboxylic acids is 2. The molecule has 0 spiro atoms. The van der Waals surface area contributed by atoms with Gasteiger partial charge in [0.2, 0.25) is 0 Å². The van der Waals surface area contributed by atoms with Gasteiger partial charge in [-0.25, -0.2) is 0 Å². The lowest BCUT2D eigenvalue weighted by Gasteiger charge is -2.08. The second-order valence-corrected chi connectivity index (χ2v) is 3.23. The molecule has 2 N–H and O–H groups in total. The number of hydrogen-bond donors (Lipinski definition) is 2. The number of carboxylic acid groups (broad SMARTS) is 2. The first-order valence-corrected chi connectivity index (χ1v) is 4.37. The summed E-state index contributed by atoms with van der Waals surface area (Å²) in [5.41, 5.74) is 0. The minimum atomic E-state index is -1.12. The highest BCUT2D eigenvalue weighted by atomic mass is 16.4. The highest BCUT2D eigenvalue weighted by Crippen LogP contribution is 2.13. The first-order chi connectivity index (χ1) is 6.43. The Morgan fingerprint density at radius 1 is 1.21 bits per heavy atom. The third kappa shape index (κ3) is 6.16. The predicted octanol–water partition coefficient (Wildman–Crippen LogP) is 0.921. The van der Waals surface area contributed by atoms with Crippen LogP contribution in [0.3, 0.4) is 0 Å². The van der Waals surface area contributed by atoms with Gasteiger partial charge in [-0.1, -0.05) is 0 Å². The molecule has 1 atom stereocenters. The number of ketones is 1. The summed E-state index contributed by atoms with van der Waals surface area (Å²) in [7, 11) is 0. The largest absolute Gasteiger partial charge is 0.481 e. The van der Waals surface area contributed by atoms with E-state index in [1.165, 1.54) is 6.92 Å². The van der Waals surface area contributed by atoms with Crippen LogP contribution in [0.25, 0.3) is 0 Å². The maximum absolute atomic E-state index is 10.6. The van der Waals surface area contributed by atoms with Crippen molar-refractivity contribution in [2.75, 3.05) is 0 Å². The van der Waals surface area contributed by atoms with Gasteiger partial charge in [-0.15, -0.1) is 0 Å². The lowest BCUT2D eigenvalue weighted by Crippen LogP contribution is -2.17. The molecular weight excluding hydrogens is 188 g/mol. The Labute approximate surface area is 81.7 Å². The van der Waals surface area contributed by atoms with Gasteiger partial charge in [0.05, 0.1) is 12.3 Å². The maximum atomic E-state index is 10.6. The zero-order chi connectivity index (χ0) is 11.1. The summed E-state index contributed by atoms with van der Waals surface area (Å²) in [4.78, 5) is 31.4. The van der Waals surface area contributed by atoms with E-state index in [1.807, 2.05) is 0 Å². The monoisotopic (exact) mass is 202 g/mol. The molecule has 0 fully saturated rings. The Morgan fingerprint density at radius 3 is 2.14 bits per heavy atom. The summed E-state index contributed by atoms with van der Waals surface area (Å²) in [5.74, 6) is -3.13. The normalized spacial score (nSPS) is 12.1. The minimum Gasteiger partial charge on any atom is -0.481 e. The van der Waals surface area contributed by atoms with Gasteiger partial charge in [0.15, 0.2) is 0 Å². The molecule has 80 valence electrons. The minimum absolute atomic E-state index is 0.00976. The molecule has 0 saturated carbocycles. The fraction of sp³-hybridized carbons (Fsp3) is 0.667. The first kappa shape index (κ1) is 12.6. The van der Waals surface area contributed by atoms with Gasteiger partial charge in [-0.3, -0.25) is 9.59 Å². The lowest BCUT2D eigenvalue weighted by atomic mass is 9.98. The van der Waals surface area contributed by atoms with Crippen molar-refractivity contribution in [1.29, 1.82) is 0 Å². The van der Waals surface area contributed by atoms with Crippen molar-refractivity contribution < 1.29 is 24.6 Å². The molecule has 5 heteroatoms. The number of carboxylic acids is 2. The topological polar surface area (TPSA) is 91.7 Å². The third-order valence-corrected chi connectivity index (χ3v) is 1.85. The molecule has 0 heterocycles. The Hall–Kier alpha value is -1.39. The molecule has 0 aliphatic rings. The van der Waals surface area contributed by atoms with Gasteiger partial charge < -0.3 is 15.0 Å². The average molecular weight is 202 g/mol. The van der Waals surface area contributed by atoms with Gasteiger partial charge in [-0.2, -0.15) is 0 Å². The van der Waals surface area contributed by atoms with Crippen molar-refractivity contribution in [3.8, 4) is 0 Å². The van der Waals surface area contributed by atoms with Crippen LogP contribution in [0, 0.1) is 5.92 Å². The zero-order valence-electron chi connectivity index (χ0n) is 8.02. The van der Waals surface area contributed by atoms with Crippen molar-refractivity contribution in [2.45, 2.75) is 32.6 Å². The van der Waals surface area contributed by atoms with Gasteiger partial charge >= 0.3 is 11.9 Å². The molecule has 0 aromatic heterocycles.